The number of carboxylic acids is 1. The van der Waals surface area contributed by atoms with Gasteiger partial charge in [-0.25, -0.2) is 0 Å². The molecule has 1 amide bonds. The second kappa shape index (κ2) is 13.0. The van der Waals surface area contributed by atoms with Crippen LogP contribution in [0, 0.1) is 17.3 Å². The molecule has 6 nitrogen and oxygen atoms in total. The fourth-order valence-electron chi connectivity index (χ4n) is 6.21. The van der Waals surface area contributed by atoms with E-state index in [9.17, 15) is 24.3 Å². The van der Waals surface area contributed by atoms with Gasteiger partial charge in [-0.3, -0.25) is 19.2 Å². The van der Waals surface area contributed by atoms with Crippen LogP contribution in [0.15, 0.2) is 115 Å². The van der Waals surface area contributed by atoms with Gasteiger partial charge in [-0.15, -0.1) is 0 Å². The molecule has 0 spiro atoms. The first-order valence-corrected chi connectivity index (χ1v) is 14.9. The largest absolute Gasteiger partial charge is 0.481 e. The summed E-state index contributed by atoms with van der Waals surface area (Å²) in [6, 6.07) is 26.1. The number of primary amides is 1. The number of ketones is 2. The average molecular weight is 627 g/mol. The number of carboxylic acid groups (broad SMARTS) is 1. The number of allylic oxidation sites excluding steroid dienone is 3. The molecule has 8 heteroatoms. The molecule has 6 rings (SSSR count). The van der Waals surface area contributed by atoms with Gasteiger partial charge in [-0.2, -0.15) is 0 Å². The summed E-state index contributed by atoms with van der Waals surface area (Å²) < 4.78 is 0. The Morgan fingerprint density at radius 2 is 1.32 bits per heavy atom. The fraction of sp³-hybridized carbons (Fsp3) is 0.167. The van der Waals surface area contributed by atoms with Crippen LogP contribution in [0.5, 0.6) is 0 Å². The van der Waals surface area contributed by atoms with E-state index in [-0.39, 0.29) is 17.5 Å². The summed E-state index contributed by atoms with van der Waals surface area (Å²) >= 11 is 12.0. The van der Waals surface area contributed by atoms with Crippen molar-refractivity contribution in [3.05, 3.63) is 142 Å². The number of Topliss-reactive ketones (excluding diaryl/α,β-unsaturated/α-hetero) is 2. The summed E-state index contributed by atoms with van der Waals surface area (Å²) in [6.07, 6.45) is 6.71. The van der Waals surface area contributed by atoms with Crippen molar-refractivity contribution >= 4 is 57.4 Å². The van der Waals surface area contributed by atoms with Crippen LogP contribution in [0.25, 0.3) is 10.8 Å². The first-order chi connectivity index (χ1) is 21.1. The molecule has 2 aliphatic carbocycles. The van der Waals surface area contributed by atoms with Crippen molar-refractivity contribution in [1.82, 2.24) is 0 Å². The predicted molar refractivity (Wildman–Crippen MR) is 172 cm³/mol. The molecular weight excluding hydrogens is 597 g/mol. The molecule has 2 aliphatic rings. The number of halogens is 2. The Hall–Kier alpha value is -4.52. The number of benzene rings is 4. The Labute approximate surface area is 264 Å². The molecule has 0 bridgehead atoms. The Morgan fingerprint density at radius 3 is 1.89 bits per heavy atom. The maximum atomic E-state index is 13.9. The molecule has 4 aromatic carbocycles. The first-order valence-electron chi connectivity index (χ1n) is 14.1. The molecule has 222 valence electrons. The summed E-state index contributed by atoms with van der Waals surface area (Å²) in [4.78, 5) is 50.8. The zero-order chi connectivity index (χ0) is 31.4. The maximum Gasteiger partial charge on any atom is 0.310 e. The number of carbonyl (C=O) groups excluding carboxylic acids is 3. The highest BCUT2D eigenvalue weighted by atomic mass is 35.5. The lowest BCUT2D eigenvalue weighted by Gasteiger charge is -2.43. The molecule has 3 N–H and O–H groups in total. The fourth-order valence-corrected chi connectivity index (χ4v) is 6.46. The molecule has 4 aromatic rings. The van der Waals surface area contributed by atoms with Gasteiger partial charge < -0.3 is 10.8 Å². The molecule has 1 fully saturated rings. The predicted octanol–water partition coefficient (Wildman–Crippen LogP) is 7.98. The molecule has 0 heterocycles. The van der Waals surface area contributed by atoms with Crippen LogP contribution in [-0.4, -0.2) is 28.5 Å². The topological polar surface area (TPSA) is 115 Å². The number of rotatable bonds is 6. The van der Waals surface area contributed by atoms with Crippen LogP contribution in [-0.2, 0) is 4.79 Å². The van der Waals surface area contributed by atoms with E-state index in [1.54, 1.807) is 72.8 Å². The number of amides is 1. The Kier molecular flexibility index (Phi) is 9.14. The van der Waals surface area contributed by atoms with Crippen LogP contribution < -0.4 is 5.73 Å². The van der Waals surface area contributed by atoms with E-state index in [4.69, 9.17) is 28.9 Å². The van der Waals surface area contributed by atoms with Gasteiger partial charge in [0.15, 0.2) is 11.6 Å². The SMILES string of the molecule is NC(=O)c1cccc2ccccc12.O=C(O)C1CCCC2C1=CC=CC2(C(=O)c1ccc(Cl)cc1)C(=O)c1ccc(Cl)cc1. The number of aliphatic carboxylic acids is 1. The summed E-state index contributed by atoms with van der Waals surface area (Å²) in [5, 5.41) is 12.7. The summed E-state index contributed by atoms with van der Waals surface area (Å²) in [7, 11) is 0. The smallest absolute Gasteiger partial charge is 0.310 e. The molecular formula is C36H29Cl2NO5. The lowest BCUT2D eigenvalue weighted by Crippen LogP contribution is -2.49. The standard InChI is InChI=1S/C25H20Cl2O4.C11H9NO/c26-17-10-6-15(7-11-17)22(28)25(23(29)16-8-12-18(27)13-9-16)14-2-4-19-20(24(30)31)3-1-5-21(19)25;12-11(13)10-7-3-5-8-4-1-2-6-9(8)10/h2,4,6-14,20-21H,1,3,5H2,(H,30,31);1-7H,(H2,12,13). The molecule has 0 aromatic heterocycles. The zero-order valence-corrected chi connectivity index (χ0v) is 25.1. The first kappa shape index (κ1) is 30.9. The lowest BCUT2D eigenvalue weighted by atomic mass is 9.56. The van der Waals surface area contributed by atoms with E-state index in [2.05, 4.69) is 0 Å². The minimum absolute atomic E-state index is 0.357. The third-order valence-electron chi connectivity index (χ3n) is 8.31. The number of carbonyl (C=O) groups is 4. The number of fused-ring (bicyclic) bond motifs is 2. The minimum Gasteiger partial charge on any atom is -0.481 e. The molecule has 44 heavy (non-hydrogen) atoms. The molecule has 0 aliphatic heterocycles. The third-order valence-corrected chi connectivity index (χ3v) is 8.81. The van der Waals surface area contributed by atoms with Gasteiger partial charge in [-0.1, -0.05) is 89.8 Å². The summed E-state index contributed by atoms with van der Waals surface area (Å²) in [6.45, 7) is 0. The van der Waals surface area contributed by atoms with E-state index in [0.717, 1.165) is 10.8 Å². The van der Waals surface area contributed by atoms with Crippen LogP contribution in [0.4, 0.5) is 0 Å². The van der Waals surface area contributed by atoms with Crippen molar-refractivity contribution in [2.75, 3.05) is 0 Å². The van der Waals surface area contributed by atoms with Crippen molar-refractivity contribution in [3.8, 4) is 0 Å². The molecule has 1 saturated carbocycles. The molecule has 2 atom stereocenters. The zero-order valence-electron chi connectivity index (χ0n) is 23.6. The summed E-state index contributed by atoms with van der Waals surface area (Å²) in [5.41, 5.74) is 5.64. The second-order valence-corrected chi connectivity index (χ2v) is 11.7. The highest BCUT2D eigenvalue weighted by Crippen LogP contribution is 2.51. The Morgan fingerprint density at radius 1 is 0.750 bits per heavy atom. The van der Waals surface area contributed by atoms with Crippen molar-refractivity contribution < 1.29 is 24.3 Å². The highest BCUT2D eigenvalue weighted by molar-refractivity contribution is 6.31. The van der Waals surface area contributed by atoms with E-state index in [1.165, 1.54) is 0 Å². The van der Waals surface area contributed by atoms with E-state index < -0.39 is 23.2 Å². The van der Waals surface area contributed by atoms with Crippen LogP contribution in [0.2, 0.25) is 10.0 Å². The van der Waals surface area contributed by atoms with Crippen LogP contribution >= 0.6 is 23.2 Å². The minimum atomic E-state index is -1.53. The third kappa shape index (κ3) is 5.96. The number of hydrogen-bond donors (Lipinski definition) is 2. The van der Waals surface area contributed by atoms with Crippen molar-refractivity contribution in [1.29, 1.82) is 0 Å². The van der Waals surface area contributed by atoms with Crippen molar-refractivity contribution in [3.63, 3.8) is 0 Å². The van der Waals surface area contributed by atoms with Gasteiger partial charge in [0, 0.05) is 32.7 Å². The quantitative estimate of drug-likeness (QED) is 0.166. The summed E-state index contributed by atoms with van der Waals surface area (Å²) in [5.74, 6) is -3.27. The number of hydrogen-bond acceptors (Lipinski definition) is 4. The maximum absolute atomic E-state index is 13.9. The van der Waals surface area contributed by atoms with Gasteiger partial charge in [0.1, 0.15) is 5.41 Å². The van der Waals surface area contributed by atoms with Crippen molar-refractivity contribution in [2.45, 2.75) is 19.3 Å². The Balaban J connectivity index is 0.000000245. The van der Waals surface area contributed by atoms with Gasteiger partial charge in [0.2, 0.25) is 5.91 Å². The molecule has 0 saturated heterocycles. The monoisotopic (exact) mass is 625 g/mol. The van der Waals surface area contributed by atoms with Crippen LogP contribution in [0.3, 0.4) is 0 Å². The van der Waals surface area contributed by atoms with E-state index >= 15 is 0 Å². The van der Waals surface area contributed by atoms with E-state index in [1.807, 2.05) is 36.4 Å². The normalized spacial score (nSPS) is 18.3. The van der Waals surface area contributed by atoms with Gasteiger partial charge >= 0.3 is 5.97 Å². The Bertz CT molecular complexity index is 1750. The highest BCUT2D eigenvalue weighted by Gasteiger charge is 2.54. The van der Waals surface area contributed by atoms with Crippen LogP contribution in [0.1, 0.15) is 50.3 Å². The van der Waals surface area contributed by atoms with E-state index in [0.29, 0.717) is 51.6 Å². The second-order valence-electron chi connectivity index (χ2n) is 10.8. The van der Waals surface area contributed by atoms with Gasteiger partial charge in [0.05, 0.1) is 5.92 Å². The average Bonchev–Trinajstić information content (AvgIpc) is 3.04. The van der Waals surface area contributed by atoms with Crippen molar-refractivity contribution in [2.24, 2.45) is 23.0 Å². The number of nitrogens with two attached hydrogens (primary N) is 1. The lowest BCUT2D eigenvalue weighted by molar-refractivity contribution is -0.141. The van der Waals surface area contributed by atoms with Gasteiger partial charge in [0.25, 0.3) is 0 Å². The molecule has 2 unspecified atom stereocenters. The van der Waals surface area contributed by atoms with Gasteiger partial charge in [-0.05, 0) is 78.2 Å². The molecule has 0 radical (unpaired) electrons.